The van der Waals surface area contributed by atoms with Crippen LogP contribution in [-0.4, -0.2) is 28.4 Å². The van der Waals surface area contributed by atoms with Gasteiger partial charge in [0.15, 0.2) is 0 Å². The normalized spacial score (nSPS) is 14.9. The van der Waals surface area contributed by atoms with Crippen LogP contribution in [0.2, 0.25) is 0 Å². The first-order valence-electron chi connectivity index (χ1n) is 5.68. The number of carbonyl (C=O) groups excluding carboxylic acids is 1. The summed E-state index contributed by atoms with van der Waals surface area (Å²) in [4.78, 5) is 24.8. The summed E-state index contributed by atoms with van der Waals surface area (Å²) in [7, 11) is 0. The van der Waals surface area contributed by atoms with Gasteiger partial charge in [0.2, 0.25) is 0 Å². The highest BCUT2D eigenvalue weighted by molar-refractivity contribution is 6.09. The molecule has 1 N–H and O–H groups in total. The molecule has 0 fully saturated rings. The average Bonchev–Trinajstić information content (AvgIpc) is 2.55. The second-order valence-electron chi connectivity index (χ2n) is 5.07. The lowest BCUT2D eigenvalue weighted by Crippen LogP contribution is -2.38. The quantitative estimate of drug-likeness (QED) is 0.888. The van der Waals surface area contributed by atoms with Crippen LogP contribution in [0.3, 0.4) is 0 Å². The molecule has 0 aliphatic carbocycles. The van der Waals surface area contributed by atoms with Crippen LogP contribution in [0, 0.1) is 5.41 Å². The van der Waals surface area contributed by atoms with Gasteiger partial charge in [0.25, 0.3) is 5.91 Å². The van der Waals surface area contributed by atoms with E-state index < -0.39 is 11.4 Å². The molecule has 94 valence electrons. The lowest BCUT2D eigenvalue weighted by molar-refractivity contribution is -0.147. The van der Waals surface area contributed by atoms with E-state index in [-0.39, 0.29) is 12.5 Å². The zero-order valence-electron chi connectivity index (χ0n) is 10.4. The highest BCUT2D eigenvalue weighted by Gasteiger charge is 2.37. The maximum absolute atomic E-state index is 12.2. The Bertz CT molecular complexity index is 511. The topological polar surface area (TPSA) is 57.6 Å². The monoisotopic (exact) mass is 245 g/mol. The van der Waals surface area contributed by atoms with Crippen LogP contribution < -0.4 is 0 Å². The Labute approximate surface area is 106 Å². The molecule has 4 nitrogen and oxygen atoms in total. The number of carbonyl (C=O) groups is 2. The Morgan fingerprint density at radius 2 is 1.89 bits per heavy atom. The fourth-order valence-corrected chi connectivity index (χ4v) is 1.96. The molecule has 0 saturated carbocycles. The second kappa shape index (κ2) is 3.98. The predicted octanol–water partition coefficient (Wildman–Crippen LogP) is 2.22. The maximum atomic E-state index is 12.2. The predicted molar refractivity (Wildman–Crippen MR) is 67.9 cm³/mol. The summed E-state index contributed by atoms with van der Waals surface area (Å²) in [5.41, 5.74) is 0.943. The molecule has 1 aliphatic rings. The molecule has 0 radical (unpaired) electrons. The molecule has 0 bridgehead atoms. The van der Waals surface area contributed by atoms with E-state index in [1.165, 1.54) is 4.90 Å². The third-order valence-electron chi connectivity index (χ3n) is 3.17. The van der Waals surface area contributed by atoms with Crippen LogP contribution in [0.1, 0.15) is 29.8 Å². The molecular formula is C14H15NO3. The van der Waals surface area contributed by atoms with Crippen molar-refractivity contribution >= 4 is 17.6 Å². The Morgan fingerprint density at radius 3 is 2.39 bits per heavy atom. The van der Waals surface area contributed by atoms with Gasteiger partial charge in [0.1, 0.15) is 0 Å². The van der Waals surface area contributed by atoms with Crippen molar-refractivity contribution in [1.29, 1.82) is 0 Å². The molecule has 18 heavy (non-hydrogen) atoms. The second-order valence-corrected chi connectivity index (χ2v) is 5.07. The summed E-state index contributed by atoms with van der Waals surface area (Å²) in [6.45, 7) is 7.19. The third-order valence-corrected chi connectivity index (χ3v) is 3.17. The summed E-state index contributed by atoms with van der Waals surface area (Å²) >= 11 is 0. The van der Waals surface area contributed by atoms with E-state index in [0.29, 0.717) is 11.3 Å². The Kier molecular flexibility index (Phi) is 2.73. The zero-order valence-corrected chi connectivity index (χ0v) is 10.4. The highest BCUT2D eigenvalue weighted by atomic mass is 16.4. The van der Waals surface area contributed by atoms with Gasteiger partial charge in [-0.1, -0.05) is 24.8 Å². The zero-order chi connectivity index (χ0) is 13.5. The Balaban J connectivity index is 2.32. The number of fused-ring (bicyclic) bond motifs is 1. The molecule has 0 atom stereocenters. The van der Waals surface area contributed by atoms with Gasteiger partial charge in [-0.25, -0.2) is 0 Å². The summed E-state index contributed by atoms with van der Waals surface area (Å²) in [6.07, 6.45) is 0. The van der Waals surface area contributed by atoms with E-state index in [9.17, 15) is 9.59 Å². The standard InChI is InChI=1S/C14H15NO3/c1-9-10-6-4-5-7-11(10)12(16)15(9)8-14(2,3)13(17)18/h4-7H,1,8H2,2-3H3,(H,17,18). The number of nitrogens with zero attached hydrogens (tertiary/aromatic N) is 1. The van der Waals surface area contributed by atoms with E-state index >= 15 is 0 Å². The van der Waals surface area contributed by atoms with Crippen molar-refractivity contribution in [1.82, 2.24) is 4.90 Å². The molecule has 0 saturated heterocycles. The maximum Gasteiger partial charge on any atom is 0.310 e. The minimum Gasteiger partial charge on any atom is -0.481 e. The molecule has 1 aromatic carbocycles. The first kappa shape index (κ1) is 12.4. The van der Waals surface area contributed by atoms with Crippen molar-refractivity contribution in [2.45, 2.75) is 13.8 Å². The molecule has 0 spiro atoms. The number of carboxylic acid groups (broad SMARTS) is 1. The number of hydrogen-bond acceptors (Lipinski definition) is 2. The van der Waals surface area contributed by atoms with Crippen molar-refractivity contribution < 1.29 is 14.7 Å². The molecule has 2 rings (SSSR count). The molecule has 1 heterocycles. The first-order chi connectivity index (χ1) is 8.34. The van der Waals surface area contributed by atoms with Gasteiger partial charge in [-0.05, 0) is 19.9 Å². The van der Waals surface area contributed by atoms with Crippen LogP contribution in [0.25, 0.3) is 5.70 Å². The molecule has 1 amide bonds. The van der Waals surface area contributed by atoms with Crippen molar-refractivity contribution in [2.24, 2.45) is 5.41 Å². The van der Waals surface area contributed by atoms with Crippen LogP contribution in [0.5, 0.6) is 0 Å². The summed E-state index contributed by atoms with van der Waals surface area (Å²) < 4.78 is 0. The lowest BCUT2D eigenvalue weighted by Gasteiger charge is -2.26. The van der Waals surface area contributed by atoms with Gasteiger partial charge in [-0.3, -0.25) is 9.59 Å². The fraction of sp³-hybridized carbons (Fsp3) is 0.286. The van der Waals surface area contributed by atoms with Crippen molar-refractivity contribution in [3.8, 4) is 0 Å². The first-order valence-corrected chi connectivity index (χ1v) is 5.68. The third kappa shape index (κ3) is 1.79. The van der Waals surface area contributed by atoms with Gasteiger partial charge in [-0.15, -0.1) is 0 Å². The average molecular weight is 245 g/mol. The van der Waals surface area contributed by atoms with Crippen LogP contribution in [0.4, 0.5) is 0 Å². The van der Waals surface area contributed by atoms with Gasteiger partial charge in [0, 0.05) is 23.4 Å². The molecular weight excluding hydrogens is 230 g/mol. The van der Waals surface area contributed by atoms with E-state index in [0.717, 1.165) is 5.56 Å². The number of aliphatic carboxylic acids is 1. The summed E-state index contributed by atoms with van der Waals surface area (Å²) in [5.74, 6) is -1.11. The van der Waals surface area contributed by atoms with E-state index in [1.54, 1.807) is 26.0 Å². The number of amides is 1. The van der Waals surface area contributed by atoms with Crippen LogP contribution >= 0.6 is 0 Å². The smallest absolute Gasteiger partial charge is 0.310 e. The number of rotatable bonds is 3. The van der Waals surface area contributed by atoms with Crippen LogP contribution in [0.15, 0.2) is 30.8 Å². The summed E-state index contributed by atoms with van der Waals surface area (Å²) in [6, 6.07) is 7.18. The highest BCUT2D eigenvalue weighted by Crippen LogP contribution is 2.33. The minimum absolute atomic E-state index is 0.120. The summed E-state index contributed by atoms with van der Waals surface area (Å²) in [5, 5.41) is 9.12. The van der Waals surface area contributed by atoms with Gasteiger partial charge < -0.3 is 10.0 Å². The largest absolute Gasteiger partial charge is 0.481 e. The number of benzene rings is 1. The minimum atomic E-state index is -0.999. The van der Waals surface area contributed by atoms with Gasteiger partial charge in [0.05, 0.1) is 5.41 Å². The van der Waals surface area contributed by atoms with Crippen molar-refractivity contribution in [2.75, 3.05) is 6.54 Å². The van der Waals surface area contributed by atoms with Gasteiger partial charge >= 0.3 is 5.97 Å². The van der Waals surface area contributed by atoms with Crippen molar-refractivity contribution in [3.63, 3.8) is 0 Å². The molecule has 1 aromatic rings. The lowest BCUT2D eigenvalue weighted by atomic mass is 9.93. The van der Waals surface area contributed by atoms with Gasteiger partial charge in [-0.2, -0.15) is 0 Å². The fourth-order valence-electron chi connectivity index (χ4n) is 1.96. The van der Waals surface area contributed by atoms with E-state index in [1.807, 2.05) is 12.1 Å². The molecule has 1 aliphatic heterocycles. The van der Waals surface area contributed by atoms with E-state index in [4.69, 9.17) is 5.11 Å². The molecule has 4 heteroatoms. The Morgan fingerprint density at radius 1 is 1.33 bits per heavy atom. The number of hydrogen-bond donors (Lipinski definition) is 1. The van der Waals surface area contributed by atoms with Crippen molar-refractivity contribution in [3.05, 3.63) is 42.0 Å². The van der Waals surface area contributed by atoms with E-state index in [2.05, 4.69) is 6.58 Å². The molecule has 0 unspecified atom stereocenters. The Hall–Kier alpha value is -2.10. The van der Waals surface area contributed by atoms with Crippen LogP contribution in [-0.2, 0) is 4.79 Å². The number of carboxylic acids is 1. The SMILES string of the molecule is C=C1c2ccccc2C(=O)N1CC(C)(C)C(=O)O. The molecule has 0 aromatic heterocycles.